The lowest BCUT2D eigenvalue weighted by molar-refractivity contribution is -0.140. The maximum Gasteiger partial charge on any atom is 0.314 e. The Kier molecular flexibility index (Phi) is 7.60. The number of carbonyl (C=O) groups excluding carboxylic acids is 1. The highest BCUT2D eigenvalue weighted by Crippen LogP contribution is 2.33. The van der Waals surface area contributed by atoms with Gasteiger partial charge in [0.1, 0.15) is 18.1 Å². The number of hydrogen-bond donors (Lipinski definition) is 0. The molecule has 24 heavy (non-hydrogen) atoms. The molecule has 0 radical (unpaired) electrons. The maximum atomic E-state index is 12.3. The molecule has 0 aliphatic heterocycles. The van der Waals surface area contributed by atoms with E-state index in [4.69, 9.17) is 9.47 Å². The van der Waals surface area contributed by atoms with Gasteiger partial charge in [0.2, 0.25) is 0 Å². The third-order valence-electron chi connectivity index (χ3n) is 4.61. The topological polar surface area (TPSA) is 35.5 Å². The fourth-order valence-corrected chi connectivity index (χ4v) is 3.20. The van der Waals surface area contributed by atoms with Gasteiger partial charge in [0.05, 0.1) is 5.92 Å². The summed E-state index contributed by atoms with van der Waals surface area (Å²) >= 11 is 0. The van der Waals surface area contributed by atoms with Crippen molar-refractivity contribution in [3.05, 3.63) is 49.6 Å². The molecular formula is C21H28O3. The van der Waals surface area contributed by atoms with Crippen molar-refractivity contribution in [3.8, 4) is 11.5 Å². The minimum atomic E-state index is -0.0979. The first kappa shape index (κ1) is 18.3. The summed E-state index contributed by atoms with van der Waals surface area (Å²) < 4.78 is 10.9. The predicted molar refractivity (Wildman–Crippen MR) is 97.3 cm³/mol. The molecule has 1 aliphatic rings. The van der Waals surface area contributed by atoms with Crippen molar-refractivity contribution < 1.29 is 14.3 Å². The highest BCUT2D eigenvalue weighted by Gasteiger charge is 2.27. The minimum Gasteiger partial charge on any atom is -0.490 e. The molecule has 1 aromatic carbocycles. The van der Waals surface area contributed by atoms with Crippen molar-refractivity contribution in [2.45, 2.75) is 44.9 Å². The van der Waals surface area contributed by atoms with Crippen molar-refractivity contribution in [2.24, 2.45) is 11.8 Å². The molecule has 0 atom stereocenters. The number of carbonyl (C=O) groups is 1. The molecule has 1 aliphatic carbocycles. The first-order valence-corrected chi connectivity index (χ1v) is 8.89. The van der Waals surface area contributed by atoms with Crippen LogP contribution in [0.2, 0.25) is 0 Å². The second-order valence-electron chi connectivity index (χ2n) is 6.43. The van der Waals surface area contributed by atoms with Crippen molar-refractivity contribution >= 4 is 5.97 Å². The predicted octanol–water partition coefficient (Wildman–Crippen LogP) is 5.32. The lowest BCUT2D eigenvalue weighted by Gasteiger charge is -2.27. The van der Waals surface area contributed by atoms with E-state index in [0.29, 0.717) is 12.4 Å². The summed E-state index contributed by atoms with van der Waals surface area (Å²) in [7, 11) is 0. The number of esters is 1. The molecule has 0 amide bonds. The van der Waals surface area contributed by atoms with Crippen molar-refractivity contribution in [1.82, 2.24) is 0 Å². The normalized spacial score (nSPS) is 20.2. The molecule has 3 nitrogen and oxygen atoms in total. The SMILES string of the molecule is C=CCCCC1CCC(C(=O)Oc2ccc(OCC=C)cc2)CC1. The van der Waals surface area contributed by atoms with Crippen LogP contribution in [0, 0.1) is 11.8 Å². The van der Waals surface area contributed by atoms with Crippen LogP contribution in [0.3, 0.4) is 0 Å². The summed E-state index contributed by atoms with van der Waals surface area (Å²) in [5.74, 6) is 2.03. The van der Waals surface area contributed by atoms with Crippen LogP contribution in [0.15, 0.2) is 49.6 Å². The Morgan fingerprint density at radius 2 is 1.71 bits per heavy atom. The Labute approximate surface area is 145 Å². The molecule has 0 heterocycles. The van der Waals surface area contributed by atoms with Crippen molar-refractivity contribution in [1.29, 1.82) is 0 Å². The second-order valence-corrected chi connectivity index (χ2v) is 6.43. The second kappa shape index (κ2) is 9.96. The largest absolute Gasteiger partial charge is 0.490 e. The fourth-order valence-electron chi connectivity index (χ4n) is 3.20. The van der Waals surface area contributed by atoms with E-state index in [2.05, 4.69) is 13.2 Å². The third-order valence-corrected chi connectivity index (χ3v) is 4.61. The smallest absolute Gasteiger partial charge is 0.314 e. The molecule has 0 unspecified atom stereocenters. The van der Waals surface area contributed by atoms with Gasteiger partial charge in [-0.1, -0.05) is 25.2 Å². The minimum absolute atomic E-state index is 0.0392. The molecule has 0 spiro atoms. The molecule has 1 aromatic rings. The zero-order valence-corrected chi connectivity index (χ0v) is 14.4. The number of allylic oxidation sites excluding steroid dienone is 1. The summed E-state index contributed by atoms with van der Waals surface area (Å²) in [6, 6.07) is 7.17. The van der Waals surface area contributed by atoms with Crippen LogP contribution in [0.1, 0.15) is 44.9 Å². The van der Waals surface area contributed by atoms with E-state index in [1.54, 1.807) is 18.2 Å². The number of hydrogen-bond acceptors (Lipinski definition) is 3. The van der Waals surface area contributed by atoms with Gasteiger partial charge < -0.3 is 9.47 Å². The molecule has 0 aromatic heterocycles. The third kappa shape index (κ3) is 5.88. The zero-order chi connectivity index (χ0) is 17.2. The summed E-state index contributed by atoms with van der Waals surface area (Å²) in [5.41, 5.74) is 0. The van der Waals surface area contributed by atoms with E-state index in [1.807, 2.05) is 18.2 Å². The van der Waals surface area contributed by atoms with E-state index in [-0.39, 0.29) is 11.9 Å². The van der Waals surface area contributed by atoms with Crippen molar-refractivity contribution in [2.75, 3.05) is 6.61 Å². The summed E-state index contributed by atoms with van der Waals surface area (Å²) in [6.45, 7) is 7.84. The van der Waals surface area contributed by atoms with Crippen LogP contribution in [0.4, 0.5) is 0 Å². The molecule has 1 saturated carbocycles. The Morgan fingerprint density at radius 3 is 2.33 bits per heavy atom. The van der Waals surface area contributed by atoms with Gasteiger partial charge in [0.15, 0.2) is 0 Å². The lowest BCUT2D eigenvalue weighted by atomic mass is 9.80. The summed E-state index contributed by atoms with van der Waals surface area (Å²) in [6.07, 6.45) is 11.4. The van der Waals surface area contributed by atoms with Gasteiger partial charge in [-0.25, -0.2) is 0 Å². The Morgan fingerprint density at radius 1 is 1.04 bits per heavy atom. The van der Waals surface area contributed by atoms with Gasteiger partial charge in [-0.15, -0.1) is 6.58 Å². The fraction of sp³-hybridized carbons (Fsp3) is 0.476. The Hall–Kier alpha value is -2.03. The maximum absolute atomic E-state index is 12.3. The van der Waals surface area contributed by atoms with Gasteiger partial charge in [-0.2, -0.15) is 0 Å². The molecule has 3 heteroatoms. The standard InChI is InChI=1S/C21H28O3/c1-3-5-6-7-17-8-10-18(11-9-17)21(22)24-20-14-12-19(13-15-20)23-16-4-2/h3-4,12-15,17-18H,1-2,5-11,16H2. The van der Waals surface area contributed by atoms with Gasteiger partial charge in [0.25, 0.3) is 0 Å². The van der Waals surface area contributed by atoms with E-state index in [9.17, 15) is 4.79 Å². The molecule has 2 rings (SSSR count). The van der Waals surface area contributed by atoms with Gasteiger partial charge in [-0.3, -0.25) is 4.79 Å². The molecule has 130 valence electrons. The molecule has 0 N–H and O–H groups in total. The Balaban J connectivity index is 1.74. The zero-order valence-electron chi connectivity index (χ0n) is 14.4. The van der Waals surface area contributed by atoms with Crippen LogP contribution in [0.5, 0.6) is 11.5 Å². The monoisotopic (exact) mass is 328 g/mol. The quantitative estimate of drug-likeness (QED) is 0.266. The number of unbranched alkanes of at least 4 members (excludes halogenated alkanes) is 1. The average molecular weight is 328 g/mol. The Bertz CT molecular complexity index is 525. The van der Waals surface area contributed by atoms with Crippen LogP contribution in [-0.4, -0.2) is 12.6 Å². The molecule has 0 saturated heterocycles. The van der Waals surface area contributed by atoms with Crippen LogP contribution in [-0.2, 0) is 4.79 Å². The number of benzene rings is 1. The first-order valence-electron chi connectivity index (χ1n) is 8.89. The van der Waals surface area contributed by atoms with Crippen molar-refractivity contribution in [3.63, 3.8) is 0 Å². The van der Waals surface area contributed by atoms with Crippen LogP contribution < -0.4 is 9.47 Å². The van der Waals surface area contributed by atoms with E-state index >= 15 is 0 Å². The number of ether oxygens (including phenoxy) is 2. The first-order chi connectivity index (χ1) is 11.7. The lowest BCUT2D eigenvalue weighted by Crippen LogP contribution is -2.25. The van der Waals surface area contributed by atoms with Gasteiger partial charge in [0, 0.05) is 0 Å². The average Bonchev–Trinajstić information content (AvgIpc) is 2.62. The van der Waals surface area contributed by atoms with E-state index in [1.165, 1.54) is 12.8 Å². The molecular weight excluding hydrogens is 300 g/mol. The van der Waals surface area contributed by atoms with E-state index in [0.717, 1.165) is 43.8 Å². The van der Waals surface area contributed by atoms with Crippen LogP contribution >= 0.6 is 0 Å². The highest BCUT2D eigenvalue weighted by molar-refractivity contribution is 5.75. The van der Waals surface area contributed by atoms with Gasteiger partial charge >= 0.3 is 5.97 Å². The summed E-state index contributed by atoms with van der Waals surface area (Å²) in [5, 5.41) is 0. The summed E-state index contributed by atoms with van der Waals surface area (Å²) in [4.78, 5) is 12.3. The molecule has 1 fully saturated rings. The highest BCUT2D eigenvalue weighted by atomic mass is 16.5. The molecule has 0 bridgehead atoms. The van der Waals surface area contributed by atoms with Gasteiger partial charge in [-0.05, 0) is 68.7 Å². The number of rotatable bonds is 9. The van der Waals surface area contributed by atoms with E-state index < -0.39 is 0 Å². The van der Waals surface area contributed by atoms with Crippen LogP contribution in [0.25, 0.3) is 0 Å².